The Bertz CT molecular complexity index is 343. The molecular weight excluding hydrogens is 246 g/mol. The van der Waals surface area contributed by atoms with Crippen LogP contribution in [-0.4, -0.2) is 31.5 Å². The molecule has 0 bridgehead atoms. The number of methoxy groups -OCH3 is 1. The highest BCUT2D eigenvalue weighted by molar-refractivity contribution is 6.17. The molecule has 1 aromatic rings. The summed E-state index contributed by atoms with van der Waals surface area (Å²) in [5.74, 6) is 2.40. The van der Waals surface area contributed by atoms with E-state index in [1.807, 2.05) is 12.1 Å². The zero-order valence-electron chi connectivity index (χ0n) is 11.7. The molecule has 2 nitrogen and oxygen atoms in total. The molecule has 0 amide bonds. The van der Waals surface area contributed by atoms with Gasteiger partial charge in [-0.1, -0.05) is 19.1 Å². The number of rotatable bonds is 8. The highest BCUT2D eigenvalue weighted by atomic mass is 35.5. The van der Waals surface area contributed by atoms with Gasteiger partial charge in [-0.05, 0) is 50.0 Å². The number of benzene rings is 1. The van der Waals surface area contributed by atoms with E-state index < -0.39 is 0 Å². The van der Waals surface area contributed by atoms with Gasteiger partial charge >= 0.3 is 0 Å². The summed E-state index contributed by atoms with van der Waals surface area (Å²) in [6.45, 7) is 4.34. The molecule has 1 aromatic carbocycles. The fraction of sp³-hybridized carbons (Fsp3) is 0.600. The van der Waals surface area contributed by atoms with Crippen LogP contribution in [0.4, 0.5) is 0 Å². The molecule has 18 heavy (non-hydrogen) atoms. The lowest BCUT2D eigenvalue weighted by Crippen LogP contribution is -2.20. The first-order valence-corrected chi connectivity index (χ1v) is 7.06. The van der Waals surface area contributed by atoms with Gasteiger partial charge in [0.1, 0.15) is 5.75 Å². The first kappa shape index (κ1) is 15.3. The Balaban J connectivity index is 2.36. The van der Waals surface area contributed by atoms with Crippen molar-refractivity contribution in [3.63, 3.8) is 0 Å². The normalized spacial score (nSPS) is 12.7. The van der Waals surface area contributed by atoms with Gasteiger partial charge in [-0.25, -0.2) is 0 Å². The molecule has 102 valence electrons. The fourth-order valence-electron chi connectivity index (χ4n) is 1.93. The monoisotopic (exact) mass is 269 g/mol. The van der Waals surface area contributed by atoms with Crippen molar-refractivity contribution in [2.75, 3.05) is 26.6 Å². The van der Waals surface area contributed by atoms with Crippen LogP contribution in [0.15, 0.2) is 24.3 Å². The predicted molar refractivity (Wildman–Crippen MR) is 78.4 cm³/mol. The third-order valence-electron chi connectivity index (χ3n) is 3.19. The number of halogens is 1. The van der Waals surface area contributed by atoms with Crippen molar-refractivity contribution >= 4 is 11.6 Å². The van der Waals surface area contributed by atoms with Crippen LogP contribution in [0.5, 0.6) is 5.75 Å². The minimum atomic E-state index is 0.704. The molecule has 0 aliphatic rings. The summed E-state index contributed by atoms with van der Waals surface area (Å²) in [5, 5.41) is 0. The van der Waals surface area contributed by atoms with Crippen molar-refractivity contribution in [2.24, 2.45) is 5.92 Å². The SMILES string of the molecule is COc1cccc(CN(C)CCC(C)CCCl)c1. The van der Waals surface area contributed by atoms with Crippen LogP contribution in [0.25, 0.3) is 0 Å². The van der Waals surface area contributed by atoms with Gasteiger partial charge in [0.25, 0.3) is 0 Å². The van der Waals surface area contributed by atoms with Crippen molar-refractivity contribution in [3.05, 3.63) is 29.8 Å². The van der Waals surface area contributed by atoms with Gasteiger partial charge in [-0.3, -0.25) is 0 Å². The van der Waals surface area contributed by atoms with E-state index in [0.29, 0.717) is 5.92 Å². The number of alkyl halides is 1. The van der Waals surface area contributed by atoms with Crippen molar-refractivity contribution in [1.29, 1.82) is 0 Å². The number of hydrogen-bond acceptors (Lipinski definition) is 2. The Labute approximate surface area is 116 Å². The molecule has 1 atom stereocenters. The van der Waals surface area contributed by atoms with E-state index in [2.05, 4.69) is 31.0 Å². The van der Waals surface area contributed by atoms with Crippen LogP contribution in [0, 0.1) is 5.92 Å². The van der Waals surface area contributed by atoms with Gasteiger partial charge in [0.2, 0.25) is 0 Å². The maximum Gasteiger partial charge on any atom is 0.119 e. The maximum atomic E-state index is 5.75. The zero-order valence-corrected chi connectivity index (χ0v) is 12.4. The van der Waals surface area contributed by atoms with Crippen LogP contribution in [0.2, 0.25) is 0 Å². The van der Waals surface area contributed by atoms with E-state index in [1.165, 1.54) is 12.0 Å². The standard InChI is InChI=1S/C15H24ClNO/c1-13(7-9-16)8-10-17(2)12-14-5-4-6-15(11-14)18-3/h4-6,11,13H,7-10,12H2,1-3H3. The average Bonchev–Trinajstić information content (AvgIpc) is 2.37. The van der Waals surface area contributed by atoms with E-state index in [9.17, 15) is 0 Å². The lowest BCUT2D eigenvalue weighted by atomic mass is 10.0. The summed E-state index contributed by atoms with van der Waals surface area (Å²) < 4.78 is 5.23. The molecule has 0 heterocycles. The van der Waals surface area contributed by atoms with Gasteiger partial charge in [-0.15, -0.1) is 11.6 Å². The quantitative estimate of drug-likeness (QED) is 0.666. The molecule has 0 spiro atoms. The number of ether oxygens (including phenoxy) is 1. The molecule has 0 N–H and O–H groups in total. The van der Waals surface area contributed by atoms with Crippen molar-refractivity contribution < 1.29 is 4.74 Å². The smallest absolute Gasteiger partial charge is 0.119 e. The van der Waals surface area contributed by atoms with Crippen LogP contribution < -0.4 is 4.74 Å². The van der Waals surface area contributed by atoms with Crippen LogP contribution in [0.3, 0.4) is 0 Å². The van der Waals surface area contributed by atoms with Gasteiger partial charge in [-0.2, -0.15) is 0 Å². The van der Waals surface area contributed by atoms with Gasteiger partial charge in [0.15, 0.2) is 0 Å². The van der Waals surface area contributed by atoms with Crippen molar-refractivity contribution in [3.8, 4) is 5.75 Å². The Hall–Kier alpha value is -0.730. The summed E-state index contributed by atoms with van der Waals surface area (Å²) >= 11 is 5.75. The van der Waals surface area contributed by atoms with Gasteiger partial charge in [0.05, 0.1) is 7.11 Å². The van der Waals surface area contributed by atoms with Crippen molar-refractivity contribution in [2.45, 2.75) is 26.3 Å². The maximum absolute atomic E-state index is 5.75. The van der Waals surface area contributed by atoms with Gasteiger partial charge in [0, 0.05) is 12.4 Å². The third-order valence-corrected chi connectivity index (χ3v) is 3.41. The summed E-state index contributed by atoms with van der Waals surface area (Å²) in [7, 11) is 3.86. The summed E-state index contributed by atoms with van der Waals surface area (Å²) in [5.41, 5.74) is 1.29. The molecule has 0 fully saturated rings. The highest BCUT2D eigenvalue weighted by Gasteiger charge is 2.05. The highest BCUT2D eigenvalue weighted by Crippen LogP contribution is 2.15. The van der Waals surface area contributed by atoms with Crippen LogP contribution in [-0.2, 0) is 6.54 Å². The van der Waals surface area contributed by atoms with Gasteiger partial charge < -0.3 is 9.64 Å². The molecular formula is C15H24ClNO. The van der Waals surface area contributed by atoms with Crippen molar-refractivity contribution in [1.82, 2.24) is 4.90 Å². The van der Waals surface area contributed by atoms with Crippen LogP contribution in [0.1, 0.15) is 25.3 Å². The Morgan fingerprint density at radius 2 is 2.11 bits per heavy atom. The summed E-state index contributed by atoms with van der Waals surface area (Å²) in [4.78, 5) is 2.35. The van der Waals surface area contributed by atoms with E-state index in [-0.39, 0.29) is 0 Å². The molecule has 0 saturated heterocycles. The second kappa shape index (κ2) is 8.39. The second-order valence-corrected chi connectivity index (χ2v) is 5.34. The second-order valence-electron chi connectivity index (χ2n) is 4.96. The molecule has 0 radical (unpaired) electrons. The lowest BCUT2D eigenvalue weighted by molar-refractivity contribution is 0.296. The molecule has 1 rings (SSSR count). The largest absolute Gasteiger partial charge is 0.497 e. The molecule has 0 aliphatic carbocycles. The Morgan fingerprint density at radius 3 is 2.78 bits per heavy atom. The molecule has 0 aromatic heterocycles. The van der Waals surface area contributed by atoms with E-state index in [0.717, 1.165) is 31.1 Å². The topological polar surface area (TPSA) is 12.5 Å². The molecule has 3 heteroatoms. The van der Waals surface area contributed by atoms with E-state index in [1.54, 1.807) is 7.11 Å². The zero-order chi connectivity index (χ0) is 13.4. The number of hydrogen-bond donors (Lipinski definition) is 0. The number of nitrogens with zero attached hydrogens (tertiary/aromatic N) is 1. The minimum Gasteiger partial charge on any atom is -0.497 e. The fourth-order valence-corrected chi connectivity index (χ4v) is 2.31. The summed E-state index contributed by atoms with van der Waals surface area (Å²) in [6, 6.07) is 8.25. The molecule has 0 saturated carbocycles. The lowest BCUT2D eigenvalue weighted by Gasteiger charge is -2.19. The van der Waals surface area contributed by atoms with E-state index in [4.69, 9.17) is 16.3 Å². The first-order chi connectivity index (χ1) is 8.65. The predicted octanol–water partition coefficient (Wildman–Crippen LogP) is 3.78. The average molecular weight is 270 g/mol. The minimum absolute atomic E-state index is 0.704. The Morgan fingerprint density at radius 1 is 1.33 bits per heavy atom. The Kier molecular flexibility index (Phi) is 7.14. The first-order valence-electron chi connectivity index (χ1n) is 6.53. The van der Waals surface area contributed by atoms with Crippen LogP contribution >= 0.6 is 11.6 Å². The third kappa shape index (κ3) is 5.74. The summed E-state index contributed by atoms with van der Waals surface area (Å²) in [6.07, 6.45) is 2.31. The van der Waals surface area contributed by atoms with E-state index >= 15 is 0 Å². The molecule has 0 aliphatic heterocycles. The molecule has 1 unspecified atom stereocenters.